The molecule has 39 heavy (non-hydrogen) atoms. The van der Waals surface area contributed by atoms with E-state index in [0.29, 0.717) is 37.5 Å². The van der Waals surface area contributed by atoms with Crippen LogP contribution in [0, 0.1) is 5.92 Å². The van der Waals surface area contributed by atoms with Crippen LogP contribution in [0.3, 0.4) is 0 Å². The van der Waals surface area contributed by atoms with E-state index in [-0.39, 0.29) is 23.9 Å². The van der Waals surface area contributed by atoms with Crippen molar-refractivity contribution in [1.29, 1.82) is 0 Å². The lowest BCUT2D eigenvalue weighted by Gasteiger charge is -2.32. The number of ether oxygens (including phenoxy) is 2. The summed E-state index contributed by atoms with van der Waals surface area (Å²) in [5, 5.41) is 6.33. The second kappa shape index (κ2) is 12.0. The molecule has 2 aromatic rings. The molecule has 2 amide bonds. The minimum absolute atomic E-state index is 0.156. The van der Waals surface area contributed by atoms with Gasteiger partial charge in [-0.1, -0.05) is 38.1 Å². The van der Waals surface area contributed by atoms with Crippen LogP contribution in [0.2, 0.25) is 0 Å². The highest BCUT2D eigenvalue weighted by atomic mass is 16.6. The van der Waals surface area contributed by atoms with Crippen molar-refractivity contribution < 1.29 is 23.9 Å². The summed E-state index contributed by atoms with van der Waals surface area (Å²) in [4.78, 5) is 39.7. The number of carbonyl (C=O) groups excluding carboxylic acids is 3. The highest BCUT2D eigenvalue weighted by molar-refractivity contribution is 5.97. The molecule has 2 aliphatic heterocycles. The molecule has 2 aliphatic rings. The van der Waals surface area contributed by atoms with Gasteiger partial charge in [-0.2, -0.15) is 0 Å². The summed E-state index contributed by atoms with van der Waals surface area (Å²) in [5.74, 6) is -0.264. The van der Waals surface area contributed by atoms with Gasteiger partial charge in [-0.15, -0.1) is 0 Å². The van der Waals surface area contributed by atoms with Gasteiger partial charge >= 0.3 is 12.1 Å². The molecular formula is C31H39N3O5. The minimum atomic E-state index is -0.524. The van der Waals surface area contributed by atoms with Crippen LogP contribution < -0.4 is 10.6 Å². The van der Waals surface area contributed by atoms with E-state index in [1.165, 1.54) is 5.57 Å². The minimum Gasteiger partial charge on any atom is -0.462 e. The van der Waals surface area contributed by atoms with E-state index in [0.717, 1.165) is 29.5 Å². The summed E-state index contributed by atoms with van der Waals surface area (Å²) in [6.07, 6.45) is 3.34. The molecule has 4 rings (SSSR count). The van der Waals surface area contributed by atoms with E-state index < -0.39 is 11.6 Å². The average Bonchev–Trinajstić information content (AvgIpc) is 2.90. The topological polar surface area (TPSA) is 97.0 Å². The fourth-order valence-electron chi connectivity index (χ4n) is 4.78. The van der Waals surface area contributed by atoms with Gasteiger partial charge in [0.1, 0.15) is 11.6 Å². The van der Waals surface area contributed by atoms with Crippen LogP contribution in [-0.2, 0) is 20.7 Å². The third-order valence-corrected chi connectivity index (χ3v) is 6.65. The van der Waals surface area contributed by atoms with Gasteiger partial charge in [0, 0.05) is 25.3 Å². The van der Waals surface area contributed by atoms with Gasteiger partial charge < -0.3 is 25.0 Å². The molecule has 0 saturated carbocycles. The van der Waals surface area contributed by atoms with Crippen molar-refractivity contribution in [2.45, 2.75) is 59.1 Å². The summed E-state index contributed by atoms with van der Waals surface area (Å²) >= 11 is 0. The molecule has 0 bridgehead atoms. The van der Waals surface area contributed by atoms with Gasteiger partial charge in [-0.3, -0.25) is 4.79 Å². The van der Waals surface area contributed by atoms with Crippen LogP contribution >= 0.6 is 0 Å². The van der Waals surface area contributed by atoms with E-state index in [1.54, 1.807) is 29.2 Å². The fraction of sp³-hybridized carbons (Fsp3) is 0.452. The van der Waals surface area contributed by atoms with Gasteiger partial charge in [0.05, 0.1) is 12.2 Å². The number of carbonyl (C=O) groups is 3. The number of rotatable bonds is 6. The first-order valence-electron chi connectivity index (χ1n) is 13.6. The number of hydrogen-bond donors (Lipinski definition) is 2. The van der Waals surface area contributed by atoms with Crippen LogP contribution in [0.15, 0.2) is 48.5 Å². The molecule has 0 spiro atoms. The van der Waals surface area contributed by atoms with E-state index in [1.807, 2.05) is 46.8 Å². The number of nitrogens with zero attached hydrogens (tertiary/aromatic N) is 1. The molecule has 8 nitrogen and oxygen atoms in total. The van der Waals surface area contributed by atoms with Crippen molar-refractivity contribution in [3.8, 4) is 0 Å². The number of nitrogens with one attached hydrogen (secondary N) is 2. The number of hydrogen-bond acceptors (Lipinski definition) is 6. The summed E-state index contributed by atoms with van der Waals surface area (Å²) in [7, 11) is 0. The molecule has 0 aliphatic carbocycles. The van der Waals surface area contributed by atoms with Crippen LogP contribution in [0.1, 0.15) is 74.1 Å². The Balaban J connectivity index is 1.44. The maximum Gasteiger partial charge on any atom is 0.410 e. The smallest absolute Gasteiger partial charge is 0.410 e. The normalized spacial score (nSPS) is 17.2. The zero-order valence-electron chi connectivity index (χ0n) is 23.5. The molecular weight excluding hydrogens is 494 g/mol. The summed E-state index contributed by atoms with van der Waals surface area (Å²) in [5.41, 5.74) is 4.99. The highest BCUT2D eigenvalue weighted by Gasteiger charge is 2.30. The van der Waals surface area contributed by atoms with Crippen molar-refractivity contribution in [1.82, 2.24) is 10.2 Å². The number of esters is 1. The standard InChI is InChI=1S/C31H39N3O5/c1-20(2)19-38-29(36)22-9-11-23(12-10-22)33-28(35)27-26-8-6-7-24(25(26)13-16-32-27)21-14-17-34(18-15-21)30(37)39-31(3,4)5/h6-12,14,20,27,32H,13,15-19H2,1-5H3,(H,33,35)/t27-/m0/s1. The lowest BCUT2D eigenvalue weighted by Crippen LogP contribution is -2.39. The Morgan fingerprint density at radius 1 is 1.08 bits per heavy atom. The highest BCUT2D eigenvalue weighted by Crippen LogP contribution is 2.33. The van der Waals surface area contributed by atoms with Gasteiger partial charge in [0.25, 0.3) is 0 Å². The summed E-state index contributed by atoms with van der Waals surface area (Å²) in [6.45, 7) is 11.7. The Hall–Kier alpha value is -3.65. The van der Waals surface area contributed by atoms with Gasteiger partial charge in [0.2, 0.25) is 5.91 Å². The number of amides is 2. The fourth-order valence-corrected chi connectivity index (χ4v) is 4.78. The number of fused-ring (bicyclic) bond motifs is 1. The van der Waals surface area contributed by atoms with E-state index in [4.69, 9.17) is 9.47 Å². The van der Waals surface area contributed by atoms with Crippen molar-refractivity contribution in [3.05, 3.63) is 70.8 Å². The summed E-state index contributed by atoms with van der Waals surface area (Å²) < 4.78 is 10.8. The Labute approximate surface area is 230 Å². The van der Waals surface area contributed by atoms with Crippen molar-refractivity contribution in [3.63, 3.8) is 0 Å². The Morgan fingerprint density at radius 3 is 2.46 bits per heavy atom. The molecule has 0 saturated heterocycles. The van der Waals surface area contributed by atoms with Crippen LogP contribution in [0.4, 0.5) is 10.5 Å². The van der Waals surface area contributed by atoms with Crippen LogP contribution in [-0.4, -0.2) is 54.7 Å². The van der Waals surface area contributed by atoms with Gasteiger partial charge in [-0.25, -0.2) is 9.59 Å². The zero-order chi connectivity index (χ0) is 28.2. The molecule has 0 radical (unpaired) electrons. The largest absolute Gasteiger partial charge is 0.462 e. The van der Waals surface area contributed by atoms with E-state index in [2.05, 4.69) is 22.8 Å². The second-order valence-corrected chi connectivity index (χ2v) is 11.5. The van der Waals surface area contributed by atoms with Crippen molar-refractivity contribution in [2.24, 2.45) is 5.92 Å². The zero-order valence-corrected chi connectivity index (χ0v) is 23.5. The average molecular weight is 534 g/mol. The monoisotopic (exact) mass is 533 g/mol. The third kappa shape index (κ3) is 7.26. The van der Waals surface area contributed by atoms with Crippen LogP contribution in [0.5, 0.6) is 0 Å². The maximum atomic E-state index is 13.3. The SMILES string of the molecule is CC(C)COC(=O)c1ccc(NC(=O)[C@H]2NCCc3c(C4=CCN(C(=O)OC(C)(C)C)CC4)cccc32)cc1. The quantitative estimate of drug-likeness (QED) is 0.486. The van der Waals surface area contributed by atoms with Gasteiger partial charge in [0.15, 0.2) is 0 Å². The van der Waals surface area contributed by atoms with E-state index in [9.17, 15) is 14.4 Å². The van der Waals surface area contributed by atoms with Crippen molar-refractivity contribution in [2.75, 3.05) is 31.6 Å². The molecule has 0 unspecified atom stereocenters. The molecule has 0 fully saturated rings. The first-order valence-corrected chi connectivity index (χ1v) is 13.6. The lowest BCUT2D eigenvalue weighted by molar-refractivity contribution is -0.118. The molecule has 2 aromatic carbocycles. The predicted molar refractivity (Wildman–Crippen MR) is 151 cm³/mol. The first kappa shape index (κ1) is 28.4. The molecule has 8 heteroatoms. The molecule has 208 valence electrons. The Kier molecular flexibility index (Phi) is 8.75. The Bertz CT molecular complexity index is 1240. The van der Waals surface area contributed by atoms with Gasteiger partial charge in [-0.05, 0) is 86.1 Å². The lowest BCUT2D eigenvalue weighted by atomic mass is 9.85. The third-order valence-electron chi connectivity index (χ3n) is 6.65. The number of benzene rings is 2. The summed E-state index contributed by atoms with van der Waals surface area (Å²) in [6, 6.07) is 12.3. The molecule has 0 aromatic heterocycles. The Morgan fingerprint density at radius 2 is 1.82 bits per heavy atom. The first-order chi connectivity index (χ1) is 18.5. The van der Waals surface area contributed by atoms with E-state index >= 15 is 0 Å². The second-order valence-electron chi connectivity index (χ2n) is 11.5. The molecule has 2 heterocycles. The maximum absolute atomic E-state index is 13.3. The molecule has 1 atom stereocenters. The predicted octanol–water partition coefficient (Wildman–Crippen LogP) is 5.35. The van der Waals surface area contributed by atoms with Crippen molar-refractivity contribution >= 4 is 29.2 Å². The number of anilines is 1. The molecule has 2 N–H and O–H groups in total. The van der Waals surface area contributed by atoms with Crippen LogP contribution in [0.25, 0.3) is 5.57 Å².